The number of fused-ring (bicyclic) bond motifs is 2. The molecular weight excluding hydrogens is 624 g/mol. The topological polar surface area (TPSA) is 168 Å². The number of ether oxygens (including phenoxy) is 2. The summed E-state index contributed by atoms with van der Waals surface area (Å²) in [7, 11) is 1.62. The Morgan fingerprint density at radius 3 is 2.73 bits per heavy atom. The summed E-state index contributed by atoms with van der Waals surface area (Å²) >= 11 is 5.85. The molecule has 1 unspecified atom stereocenters. The summed E-state index contributed by atoms with van der Waals surface area (Å²) in [6.07, 6.45) is 1.75. The summed E-state index contributed by atoms with van der Waals surface area (Å²) in [6.45, 7) is 0.922. The van der Waals surface area contributed by atoms with Crippen LogP contribution in [0.25, 0.3) is 21.9 Å². The highest BCUT2D eigenvalue weighted by Gasteiger charge is 2.58. The van der Waals surface area contributed by atoms with Gasteiger partial charge in [0.15, 0.2) is 23.2 Å². The zero-order valence-electron chi connectivity index (χ0n) is 24.9. The fourth-order valence-electron chi connectivity index (χ4n) is 4.88. The number of esters is 1. The number of anilines is 2. The number of hydrogen-bond acceptors (Lipinski definition) is 12. The van der Waals surface area contributed by atoms with Gasteiger partial charge in [0, 0.05) is 12.4 Å². The lowest BCUT2D eigenvalue weighted by atomic mass is 9.97. The van der Waals surface area contributed by atoms with E-state index in [1.165, 1.54) is 10.9 Å². The van der Waals surface area contributed by atoms with Crippen LogP contribution in [0.4, 0.5) is 16.2 Å². The van der Waals surface area contributed by atoms with Crippen molar-refractivity contribution in [2.24, 2.45) is 0 Å². The minimum atomic E-state index is -3.61. The first-order valence-electron chi connectivity index (χ1n) is 14.0. The maximum Gasteiger partial charge on any atom is 0.323 e. The fourth-order valence-corrected chi connectivity index (χ4v) is 7.30. The van der Waals surface area contributed by atoms with Crippen LogP contribution in [-0.2, 0) is 30.6 Å². The van der Waals surface area contributed by atoms with Gasteiger partial charge < -0.3 is 34.7 Å². The van der Waals surface area contributed by atoms with E-state index >= 15 is 4.39 Å². The molecule has 0 radical (unpaired) electrons. The average molecular weight is 658 g/mol. The number of aromatic nitrogens is 4. The number of aliphatic hydroxyl groups is 1. The lowest BCUT2D eigenvalue weighted by Gasteiger charge is -2.28. The van der Waals surface area contributed by atoms with Crippen LogP contribution < -0.4 is 20.7 Å². The van der Waals surface area contributed by atoms with Crippen LogP contribution in [0.5, 0.6) is 5.75 Å². The van der Waals surface area contributed by atoms with E-state index in [2.05, 4.69) is 25.4 Å². The molecule has 2 aromatic carbocycles. The van der Waals surface area contributed by atoms with Gasteiger partial charge in [-0.1, -0.05) is 42.3 Å². The number of aliphatic hydroxyl groups excluding tert-OH is 1. The molecule has 3 heterocycles. The van der Waals surface area contributed by atoms with Crippen molar-refractivity contribution in [2.75, 3.05) is 24.7 Å². The van der Waals surface area contributed by atoms with Crippen LogP contribution in [0.2, 0.25) is 0 Å². The second-order valence-electron chi connectivity index (χ2n) is 10.6. The molecule has 45 heavy (non-hydrogen) atoms. The highest BCUT2D eigenvalue weighted by Crippen LogP contribution is 2.49. The molecule has 1 aliphatic rings. The summed E-state index contributed by atoms with van der Waals surface area (Å²) in [5.74, 6) is 2.05. The van der Waals surface area contributed by atoms with Gasteiger partial charge in [0.25, 0.3) is 0 Å². The monoisotopic (exact) mass is 657 g/mol. The Balaban J connectivity index is 1.44. The Bertz CT molecular complexity index is 1810. The van der Waals surface area contributed by atoms with Crippen molar-refractivity contribution in [2.45, 2.75) is 57.0 Å². The van der Waals surface area contributed by atoms with Crippen molar-refractivity contribution in [3.63, 3.8) is 0 Å². The van der Waals surface area contributed by atoms with Crippen LogP contribution in [0.3, 0.4) is 0 Å². The van der Waals surface area contributed by atoms with Gasteiger partial charge in [-0.25, -0.2) is 14.5 Å². The zero-order chi connectivity index (χ0) is 32.5. The number of alkyl halides is 1. The molecule has 238 valence electrons. The van der Waals surface area contributed by atoms with Gasteiger partial charge in [-0.2, -0.15) is 9.97 Å². The van der Waals surface area contributed by atoms with Crippen LogP contribution in [0.1, 0.15) is 27.0 Å². The van der Waals surface area contributed by atoms with Crippen molar-refractivity contribution in [1.82, 2.24) is 24.6 Å². The Labute approximate surface area is 263 Å². The van der Waals surface area contributed by atoms with Gasteiger partial charge in [-0.05, 0) is 44.0 Å². The molecule has 5 N–H and O–H groups in total. The second-order valence-corrected chi connectivity index (χ2v) is 13.7. The van der Waals surface area contributed by atoms with Crippen molar-refractivity contribution in [1.29, 1.82) is 0 Å². The van der Waals surface area contributed by atoms with Crippen molar-refractivity contribution in [3.05, 3.63) is 48.8 Å². The molecule has 16 heteroatoms. The molecule has 0 bridgehead atoms. The summed E-state index contributed by atoms with van der Waals surface area (Å²) in [4.78, 5) is 25.2. The Hall–Kier alpha value is -3.90. The molecule has 4 aromatic rings. The minimum absolute atomic E-state index is 0.0975. The van der Waals surface area contributed by atoms with Crippen LogP contribution in [0.15, 0.2) is 48.8 Å². The molecule has 13 nitrogen and oxygen atoms in total. The van der Waals surface area contributed by atoms with Crippen LogP contribution >= 0.6 is 6.64 Å². The molecule has 0 amide bonds. The van der Waals surface area contributed by atoms with E-state index in [-0.39, 0.29) is 23.2 Å². The first kappa shape index (κ1) is 32.5. The fraction of sp³-hybridized carbons (Fsp3) is 0.379. The third-order valence-electron chi connectivity index (χ3n) is 7.03. The molecule has 0 spiro atoms. The molecule has 1 saturated heterocycles. The third-order valence-corrected chi connectivity index (χ3v) is 9.51. The number of nitrogens with two attached hydrogens (primary N) is 1. The van der Waals surface area contributed by atoms with Gasteiger partial charge in [0.05, 0.1) is 19.0 Å². The number of nitrogen functional groups attached to an aromatic ring is 1. The SMILES string of the molecule is C#C[C@@]1(F)[C@H](O)[C@@H](COP(=S)(N[C@@H](C)C(=O)OC(C)C)Oc2cccc3ccccc23)O[C@H]1n1cnc2c(NC)nc(N)nc21. The Morgan fingerprint density at radius 2 is 2.02 bits per heavy atom. The molecule has 5 rings (SSSR count). The van der Waals surface area contributed by atoms with Gasteiger partial charge in [-0.3, -0.25) is 9.36 Å². The predicted octanol–water partition coefficient (Wildman–Crippen LogP) is 3.45. The number of benzene rings is 2. The third kappa shape index (κ3) is 6.44. The minimum Gasteiger partial charge on any atom is -0.462 e. The van der Waals surface area contributed by atoms with Crippen molar-refractivity contribution in [3.8, 4) is 18.1 Å². The number of nitrogens with zero attached hydrogens (tertiary/aromatic N) is 4. The first-order chi connectivity index (χ1) is 21.4. The molecule has 1 aliphatic heterocycles. The smallest absolute Gasteiger partial charge is 0.323 e. The number of hydrogen-bond donors (Lipinski definition) is 4. The number of imidazole rings is 1. The average Bonchev–Trinajstić information content (AvgIpc) is 3.53. The van der Waals surface area contributed by atoms with E-state index in [4.69, 9.17) is 42.5 Å². The largest absolute Gasteiger partial charge is 0.462 e. The second kappa shape index (κ2) is 12.8. The summed E-state index contributed by atoms with van der Waals surface area (Å²) in [6, 6.07) is 12.0. The van der Waals surface area contributed by atoms with Gasteiger partial charge in [0.2, 0.25) is 11.6 Å². The molecular formula is C29H33FN7O6PS. The van der Waals surface area contributed by atoms with Gasteiger partial charge >= 0.3 is 12.6 Å². The number of carbonyl (C=O) groups is 1. The van der Waals surface area contributed by atoms with E-state index in [1.807, 2.05) is 36.3 Å². The Kier molecular flexibility index (Phi) is 9.27. The van der Waals surface area contributed by atoms with E-state index in [0.717, 1.165) is 10.8 Å². The highest BCUT2D eigenvalue weighted by molar-refractivity contribution is 8.09. The lowest BCUT2D eigenvalue weighted by molar-refractivity contribution is -0.149. The van der Waals surface area contributed by atoms with Gasteiger partial charge in [0.1, 0.15) is 24.0 Å². The maximum atomic E-state index is 16.4. The molecule has 2 aromatic heterocycles. The maximum absolute atomic E-state index is 16.4. The van der Waals surface area contributed by atoms with E-state index in [0.29, 0.717) is 11.6 Å². The number of rotatable bonds is 11. The predicted molar refractivity (Wildman–Crippen MR) is 171 cm³/mol. The number of terminal acetylenes is 1. The number of halogens is 1. The molecule has 1 fully saturated rings. The summed E-state index contributed by atoms with van der Waals surface area (Å²) < 4.78 is 41.3. The number of nitrogens with one attached hydrogen (secondary N) is 2. The van der Waals surface area contributed by atoms with E-state index in [9.17, 15) is 9.90 Å². The summed E-state index contributed by atoms with van der Waals surface area (Å²) in [5.41, 5.74) is 3.54. The van der Waals surface area contributed by atoms with Crippen molar-refractivity contribution >= 4 is 58.1 Å². The number of carbonyl (C=O) groups excluding carboxylic acids is 1. The lowest BCUT2D eigenvalue weighted by Crippen LogP contribution is -2.42. The molecule has 0 aliphatic carbocycles. The quantitative estimate of drug-likeness (QED) is 0.105. The Morgan fingerprint density at radius 1 is 1.29 bits per heavy atom. The van der Waals surface area contributed by atoms with Crippen LogP contribution in [-0.4, -0.2) is 74.3 Å². The molecule has 0 saturated carbocycles. The van der Waals surface area contributed by atoms with Crippen LogP contribution in [0, 0.1) is 12.3 Å². The first-order valence-corrected chi connectivity index (χ1v) is 16.6. The van der Waals surface area contributed by atoms with E-state index < -0.39 is 49.4 Å². The van der Waals surface area contributed by atoms with Gasteiger partial charge in [-0.15, -0.1) is 6.42 Å². The normalized spacial score (nSPS) is 23.5. The summed E-state index contributed by atoms with van der Waals surface area (Å²) in [5, 5.41) is 18.6. The zero-order valence-corrected chi connectivity index (χ0v) is 26.6. The molecule has 6 atom stereocenters. The standard InChI is InChI=1S/C29H33FN7O6PS/c1-6-29(30)23(38)21(42-27(29)37-15-33-22-24(32-5)34-28(31)35-25(22)37)14-40-44(45,36-17(4)26(39)41-16(2)3)43-20-13-9-11-18-10-7-8-12-19(18)20/h1,7-13,15-17,21,23,27,38H,14H2,2-5H3,(H,36,45)(H3,31,32,34,35)/t17-,21+,23+,27+,29+,44?/m0/s1. The van der Waals surface area contributed by atoms with Crippen molar-refractivity contribution < 1.29 is 32.8 Å². The van der Waals surface area contributed by atoms with E-state index in [1.54, 1.807) is 40.0 Å². The highest BCUT2D eigenvalue weighted by atomic mass is 32.5.